The minimum Gasteiger partial charge on any atom is -0.388 e. The zero-order valence-electron chi connectivity index (χ0n) is 16.5. The Morgan fingerprint density at radius 3 is 2.33 bits per heavy atom. The number of alkyl halides is 2. The maximum atomic E-state index is 13.9. The van der Waals surface area contributed by atoms with E-state index in [-0.39, 0.29) is 5.82 Å². The number of phosphoric ester groups is 1. The van der Waals surface area contributed by atoms with Crippen LogP contribution >= 0.6 is 35.1 Å². The highest BCUT2D eigenvalue weighted by Crippen LogP contribution is 2.67. The van der Waals surface area contributed by atoms with Crippen LogP contribution in [0.5, 0.6) is 0 Å². The molecule has 0 saturated carbocycles. The van der Waals surface area contributed by atoms with E-state index >= 15 is 0 Å². The summed E-state index contributed by atoms with van der Waals surface area (Å²) in [5.41, 5.74) is 1.99. The van der Waals surface area contributed by atoms with E-state index in [1.165, 1.54) is 0 Å². The van der Waals surface area contributed by atoms with Gasteiger partial charge in [-0.3, -0.25) is 4.52 Å². The molecule has 0 aromatic carbocycles. The smallest absolute Gasteiger partial charge is 0.388 e. The monoisotopic (exact) mass is 562 g/mol. The number of aliphatic hydroxyl groups excluding tert-OH is 1. The van der Waals surface area contributed by atoms with Crippen molar-refractivity contribution < 1.29 is 60.6 Å². The summed E-state index contributed by atoms with van der Waals surface area (Å²) in [5, 5.41) is 14.2. The van der Waals surface area contributed by atoms with E-state index in [1.807, 2.05) is 0 Å². The number of rotatable bonds is 9. The molecule has 0 amide bonds. The van der Waals surface area contributed by atoms with Crippen LogP contribution in [0, 0.1) is 0 Å². The lowest BCUT2D eigenvalue weighted by molar-refractivity contribution is -0.121. The number of hydrogen-bond acceptors (Lipinski definition) is 12. The van der Waals surface area contributed by atoms with Crippen molar-refractivity contribution in [1.82, 2.24) is 14.8 Å². The summed E-state index contributed by atoms with van der Waals surface area (Å²) in [6, 6.07) is 0. The summed E-state index contributed by atoms with van der Waals surface area (Å²) in [7, 11) is -17.1. The maximum Gasteiger partial charge on any atom is 0.490 e. The number of nitrogens with two attached hydrogens (primary N) is 1. The van der Waals surface area contributed by atoms with Crippen LogP contribution in [0.1, 0.15) is 20.1 Å². The van der Waals surface area contributed by atoms with Crippen LogP contribution in [0.15, 0.2) is 11.0 Å². The van der Waals surface area contributed by atoms with E-state index in [4.69, 9.17) is 36.4 Å². The number of anilines is 1. The highest BCUT2D eigenvalue weighted by molar-refractivity contribution is 7.66. The number of halogens is 2. The number of nitrogens with zero attached hydrogens (tertiary/aromatic N) is 3. The second kappa shape index (κ2) is 9.32. The molecular formula is C11H19ClFN4O13P3. The average Bonchev–Trinajstić information content (AvgIpc) is 2.83. The Hall–Kier alpha value is -0.840. The summed E-state index contributed by atoms with van der Waals surface area (Å²) in [6.07, 6.45) is -4.81. The molecule has 33 heavy (non-hydrogen) atoms. The van der Waals surface area contributed by atoms with Gasteiger partial charge in [-0.1, -0.05) is 0 Å². The number of phosphoric acid groups is 3. The van der Waals surface area contributed by atoms with Crippen LogP contribution in [-0.4, -0.2) is 68.8 Å². The molecule has 0 radical (unpaired) electrons. The van der Waals surface area contributed by atoms with Crippen molar-refractivity contribution in [3.8, 4) is 0 Å². The maximum absolute atomic E-state index is 13.9. The Balaban J connectivity index is 2.34. The van der Waals surface area contributed by atoms with Crippen LogP contribution in [0.2, 0.25) is 0 Å². The molecule has 1 fully saturated rings. The molecule has 7 N–H and O–H groups in total. The third-order valence-electron chi connectivity index (χ3n) is 4.08. The summed E-state index contributed by atoms with van der Waals surface area (Å²) < 4.78 is 66.1. The fourth-order valence-corrected chi connectivity index (χ4v) is 6.44. The van der Waals surface area contributed by atoms with Crippen molar-refractivity contribution in [2.75, 3.05) is 12.4 Å². The Morgan fingerprint density at radius 2 is 1.85 bits per heavy atom. The molecule has 1 aliphatic heterocycles. The minimum absolute atomic E-state index is 0.292. The van der Waals surface area contributed by atoms with Gasteiger partial charge in [-0.05, 0) is 13.8 Å². The molecule has 2 heterocycles. The van der Waals surface area contributed by atoms with Crippen molar-refractivity contribution in [2.24, 2.45) is 0 Å². The third kappa shape index (κ3) is 6.64. The average molecular weight is 563 g/mol. The highest BCUT2D eigenvalue weighted by Gasteiger charge is 2.62. The molecule has 0 bridgehead atoms. The Bertz CT molecular complexity index is 1100. The quantitative estimate of drug-likeness (QED) is 0.164. The molecule has 2 rings (SSSR count). The number of hydrogen-bond donors (Lipinski definition) is 6. The number of ether oxygens (including phenoxy) is 1. The Morgan fingerprint density at radius 1 is 1.27 bits per heavy atom. The highest BCUT2D eigenvalue weighted by atomic mass is 35.5. The standard InChI is InChI=1S/C11H19ClFN4O13P3/c1-10(2,28-32(23,24)30-33(25,26)29-31(20,21)22)7-6(18)11(12,4-13)8(27-7)17-9(19)16-5(14)3-15-17/h3,6-8,18H,4H2,1-2H3,(H,23,24)(H,25,26)(H2,14,16,19)(H2,20,21,22)/t6-,7-,8+,11?/m0/s1. The third-order valence-corrected chi connectivity index (χ3v) is 8.62. The van der Waals surface area contributed by atoms with Crippen LogP contribution < -0.4 is 11.4 Å². The first-order valence-corrected chi connectivity index (χ1v) is 13.3. The molecule has 22 heteroatoms. The van der Waals surface area contributed by atoms with E-state index in [9.17, 15) is 37.8 Å². The molecule has 3 unspecified atom stereocenters. The fourth-order valence-electron chi connectivity index (χ4n) is 2.84. The van der Waals surface area contributed by atoms with Crippen molar-refractivity contribution in [3.05, 3.63) is 16.7 Å². The van der Waals surface area contributed by atoms with E-state index in [1.54, 1.807) is 0 Å². The summed E-state index contributed by atoms with van der Waals surface area (Å²) in [6.45, 7) is 0.448. The lowest BCUT2D eigenvalue weighted by atomic mass is 9.91. The van der Waals surface area contributed by atoms with Gasteiger partial charge in [0.05, 0.1) is 6.20 Å². The second-order valence-corrected chi connectivity index (χ2v) is 12.2. The Labute approximate surface area is 188 Å². The molecular weight excluding hydrogens is 544 g/mol. The van der Waals surface area contributed by atoms with Gasteiger partial charge in [-0.2, -0.15) is 23.4 Å². The fraction of sp³-hybridized carbons (Fsp3) is 0.727. The summed E-state index contributed by atoms with van der Waals surface area (Å²) in [5.74, 6) is -0.292. The van der Waals surface area contributed by atoms with Gasteiger partial charge in [0.2, 0.25) is 0 Å². The predicted octanol–water partition coefficient (Wildman–Crippen LogP) is -0.452. The minimum atomic E-state index is -5.84. The summed E-state index contributed by atoms with van der Waals surface area (Å²) in [4.78, 5) is 49.2. The SMILES string of the molecule is CC(C)(OP(=O)(O)OP(=O)(O)OP(=O)(O)O)[C@H]1O[C@@H](n2ncc(N)nc2=O)C(Cl)(CF)[C@H]1O. The molecule has 1 saturated heterocycles. The lowest BCUT2D eigenvalue weighted by Gasteiger charge is -2.34. The van der Waals surface area contributed by atoms with Gasteiger partial charge < -0.3 is 35.2 Å². The molecule has 1 aromatic heterocycles. The van der Waals surface area contributed by atoms with Gasteiger partial charge in [0.1, 0.15) is 35.2 Å². The predicted molar refractivity (Wildman–Crippen MR) is 104 cm³/mol. The van der Waals surface area contributed by atoms with Crippen LogP contribution in [-0.2, 0) is 31.6 Å². The molecule has 0 aliphatic carbocycles. The molecule has 0 spiro atoms. The molecule has 6 atom stereocenters. The van der Waals surface area contributed by atoms with Crippen molar-refractivity contribution in [2.45, 2.75) is 42.8 Å². The van der Waals surface area contributed by atoms with Gasteiger partial charge in [-0.25, -0.2) is 22.9 Å². The van der Waals surface area contributed by atoms with Crippen LogP contribution in [0.25, 0.3) is 0 Å². The van der Waals surface area contributed by atoms with Gasteiger partial charge in [0, 0.05) is 0 Å². The first-order valence-electron chi connectivity index (χ1n) is 8.37. The van der Waals surface area contributed by atoms with Gasteiger partial charge in [-0.15, -0.1) is 11.6 Å². The largest absolute Gasteiger partial charge is 0.490 e. The summed E-state index contributed by atoms with van der Waals surface area (Å²) >= 11 is 6.15. The van der Waals surface area contributed by atoms with E-state index in [0.29, 0.717) is 4.68 Å². The van der Waals surface area contributed by atoms with Gasteiger partial charge in [0.25, 0.3) is 0 Å². The first-order chi connectivity index (χ1) is 14.7. The molecule has 17 nitrogen and oxygen atoms in total. The van der Waals surface area contributed by atoms with Crippen LogP contribution in [0.3, 0.4) is 0 Å². The normalized spacial score (nSPS) is 30.0. The van der Waals surface area contributed by atoms with Crippen molar-refractivity contribution >= 4 is 40.9 Å². The van der Waals surface area contributed by atoms with Gasteiger partial charge >= 0.3 is 29.2 Å². The van der Waals surface area contributed by atoms with Gasteiger partial charge in [0.15, 0.2) is 6.23 Å². The van der Waals surface area contributed by atoms with E-state index in [2.05, 4.69) is 18.7 Å². The first kappa shape index (κ1) is 28.4. The molecule has 1 aliphatic rings. The molecule has 1 aromatic rings. The zero-order chi connectivity index (χ0) is 25.6. The number of aromatic nitrogens is 3. The van der Waals surface area contributed by atoms with Crippen molar-refractivity contribution in [1.29, 1.82) is 0 Å². The Kier molecular flexibility index (Phi) is 8.02. The second-order valence-electron chi connectivity index (χ2n) is 7.11. The molecule has 190 valence electrons. The lowest BCUT2D eigenvalue weighted by Crippen LogP contribution is -2.51. The van der Waals surface area contributed by atoms with Crippen LogP contribution in [0.4, 0.5) is 10.2 Å². The van der Waals surface area contributed by atoms with E-state index in [0.717, 1.165) is 20.0 Å². The number of aliphatic hydroxyl groups is 1. The van der Waals surface area contributed by atoms with Crippen molar-refractivity contribution in [3.63, 3.8) is 0 Å². The topological polar surface area (TPSA) is 263 Å². The van der Waals surface area contributed by atoms with E-state index < -0.39 is 64.7 Å². The zero-order valence-corrected chi connectivity index (χ0v) is 20.0. The number of nitrogen functional groups attached to an aromatic ring is 1.